The number of carbonyl (C=O) groups excluding carboxylic acids is 1. The highest BCUT2D eigenvalue weighted by molar-refractivity contribution is 9.10. The Labute approximate surface area is 179 Å². The molecule has 1 fully saturated rings. The number of carbonyl (C=O) groups is 2. The Morgan fingerprint density at radius 1 is 1.23 bits per heavy atom. The number of likely N-dealkylation sites (tertiary alicyclic amines) is 1. The van der Waals surface area contributed by atoms with E-state index in [2.05, 4.69) is 15.9 Å². The first kappa shape index (κ1) is 24.7. The molecule has 0 bridgehead atoms. The minimum absolute atomic E-state index is 0.0499. The number of rotatable bonds is 5. The molecule has 1 aromatic rings. The highest BCUT2D eigenvalue weighted by Crippen LogP contribution is 3.02. The van der Waals surface area contributed by atoms with Crippen molar-refractivity contribution in [3.63, 3.8) is 0 Å². The van der Waals surface area contributed by atoms with Gasteiger partial charge in [-0.25, -0.2) is 4.79 Å². The summed E-state index contributed by atoms with van der Waals surface area (Å²) in [4.78, 5) is 23.2. The van der Waals surface area contributed by atoms with E-state index >= 15 is 0 Å². The number of halogens is 6. The molecule has 0 spiro atoms. The highest BCUT2D eigenvalue weighted by atomic mass is 79.9. The summed E-state index contributed by atoms with van der Waals surface area (Å²) in [6.07, 6.45) is -0.694. The molecule has 0 aromatic heterocycles. The van der Waals surface area contributed by atoms with E-state index in [9.17, 15) is 34.1 Å². The number of benzene rings is 1. The minimum Gasteiger partial charge on any atom is -0.481 e. The number of ether oxygens (including phenoxy) is 1. The molecule has 12 heteroatoms. The first-order valence-electron chi connectivity index (χ1n) is 8.99. The molecular weight excluding hydrogens is 501 g/mol. The SMILES string of the molecule is CC(C)(C)OC(=O)N1CC[C@H]([C@H](Cc2cc(Br)cc(S(F)(F)(F)(F)F)c2)C(=O)O)C1. The van der Waals surface area contributed by atoms with Gasteiger partial charge in [0.05, 0.1) is 5.92 Å². The van der Waals surface area contributed by atoms with E-state index in [1.165, 1.54) is 11.0 Å². The maximum absolute atomic E-state index is 13.2. The Bertz CT molecular complexity index is 857. The average Bonchev–Trinajstić information content (AvgIpc) is 2.97. The third-order valence-electron chi connectivity index (χ3n) is 4.59. The quantitative estimate of drug-likeness (QED) is 0.441. The van der Waals surface area contributed by atoms with Gasteiger partial charge in [0.25, 0.3) is 0 Å². The summed E-state index contributed by atoms with van der Waals surface area (Å²) in [5.74, 6) is -2.99. The van der Waals surface area contributed by atoms with Crippen molar-refractivity contribution in [1.82, 2.24) is 4.90 Å². The molecular formula is C18H23BrF5NO4S. The molecule has 1 amide bonds. The second-order valence-corrected chi connectivity index (χ2v) is 11.7. The topological polar surface area (TPSA) is 66.8 Å². The number of carboxylic acid groups (broad SMARTS) is 1. The third kappa shape index (κ3) is 6.73. The molecule has 30 heavy (non-hydrogen) atoms. The van der Waals surface area contributed by atoms with Crippen molar-refractivity contribution >= 4 is 38.2 Å². The van der Waals surface area contributed by atoms with E-state index in [1.807, 2.05) is 0 Å². The van der Waals surface area contributed by atoms with E-state index in [1.54, 1.807) is 20.8 Å². The van der Waals surface area contributed by atoms with E-state index in [0.29, 0.717) is 12.5 Å². The van der Waals surface area contributed by atoms with Crippen molar-refractivity contribution in [3.8, 4) is 0 Å². The van der Waals surface area contributed by atoms with Gasteiger partial charge in [0, 0.05) is 17.6 Å². The standard InChI is InChI=1S/C18H23BrF5NO4S/c1-18(2,3)29-17(28)25-5-4-12(10-25)15(16(26)27)8-11-6-13(19)9-14(7-11)30(20,21,22,23)24/h6-7,9,12,15H,4-5,8,10H2,1-3H3,(H,26,27)/t12-,15-/m0/s1. The monoisotopic (exact) mass is 523 g/mol. The number of carboxylic acids is 1. The molecule has 2 atom stereocenters. The fourth-order valence-electron chi connectivity index (χ4n) is 3.28. The second kappa shape index (κ2) is 7.25. The van der Waals surface area contributed by atoms with Gasteiger partial charge in [0.2, 0.25) is 0 Å². The van der Waals surface area contributed by atoms with Gasteiger partial charge in [-0.15, -0.1) is 0 Å². The summed E-state index contributed by atoms with van der Waals surface area (Å²) in [5.41, 5.74) is -0.921. The predicted molar refractivity (Wildman–Crippen MR) is 106 cm³/mol. The highest BCUT2D eigenvalue weighted by Gasteiger charge is 2.65. The van der Waals surface area contributed by atoms with Gasteiger partial charge in [-0.1, -0.05) is 35.4 Å². The van der Waals surface area contributed by atoms with Gasteiger partial charge in [0.15, 0.2) is 0 Å². The molecule has 0 aliphatic carbocycles. The number of hydrogen-bond donors (Lipinski definition) is 1. The Morgan fingerprint density at radius 3 is 2.33 bits per heavy atom. The van der Waals surface area contributed by atoms with Crippen LogP contribution >= 0.6 is 26.2 Å². The Hall–Kier alpha value is -1.56. The fourth-order valence-corrected chi connectivity index (χ4v) is 4.69. The lowest BCUT2D eigenvalue weighted by Gasteiger charge is -2.40. The maximum atomic E-state index is 13.2. The summed E-state index contributed by atoms with van der Waals surface area (Å²) in [7, 11) is -9.92. The van der Waals surface area contributed by atoms with Crippen LogP contribution in [0.25, 0.3) is 0 Å². The molecule has 2 rings (SSSR count). The molecule has 1 aromatic carbocycles. The number of hydrogen-bond acceptors (Lipinski definition) is 3. The molecule has 1 N–H and O–H groups in total. The van der Waals surface area contributed by atoms with Crippen molar-refractivity contribution < 1.29 is 38.9 Å². The predicted octanol–water partition coefficient (Wildman–Crippen LogP) is 6.61. The van der Waals surface area contributed by atoms with Crippen LogP contribution in [0.15, 0.2) is 27.6 Å². The van der Waals surface area contributed by atoms with Crippen LogP contribution in [0.5, 0.6) is 0 Å². The van der Waals surface area contributed by atoms with Crippen molar-refractivity contribution in [1.29, 1.82) is 0 Å². The normalized spacial score (nSPS) is 21.0. The molecule has 5 nitrogen and oxygen atoms in total. The van der Waals surface area contributed by atoms with Crippen molar-refractivity contribution in [2.45, 2.75) is 44.1 Å². The number of nitrogens with zero attached hydrogens (tertiary/aromatic N) is 1. The minimum atomic E-state index is -9.92. The van der Waals surface area contributed by atoms with Gasteiger partial charge in [-0.2, -0.15) is 0 Å². The zero-order valence-electron chi connectivity index (χ0n) is 16.5. The summed E-state index contributed by atoms with van der Waals surface area (Å²) in [5, 5.41) is 9.60. The van der Waals surface area contributed by atoms with E-state index in [-0.39, 0.29) is 35.6 Å². The fraction of sp³-hybridized carbons (Fsp3) is 0.556. The zero-order valence-corrected chi connectivity index (χ0v) is 18.9. The lowest BCUT2D eigenvalue weighted by Crippen LogP contribution is -2.36. The maximum Gasteiger partial charge on any atom is 0.410 e. The summed E-state index contributed by atoms with van der Waals surface area (Å²) < 4.78 is 70.9. The first-order chi connectivity index (χ1) is 13.2. The van der Waals surface area contributed by atoms with Gasteiger partial charge < -0.3 is 14.7 Å². The van der Waals surface area contributed by atoms with E-state index < -0.39 is 44.6 Å². The molecule has 1 heterocycles. The molecule has 1 aliphatic rings. The summed E-state index contributed by atoms with van der Waals surface area (Å²) in [6, 6.07) is 1.76. The lowest BCUT2D eigenvalue weighted by molar-refractivity contribution is -0.143. The lowest BCUT2D eigenvalue weighted by atomic mass is 9.86. The van der Waals surface area contributed by atoms with Crippen LogP contribution < -0.4 is 0 Å². The van der Waals surface area contributed by atoms with Crippen LogP contribution in [0, 0.1) is 11.8 Å². The number of amides is 1. The largest absolute Gasteiger partial charge is 0.481 e. The second-order valence-electron chi connectivity index (χ2n) is 8.39. The Balaban J connectivity index is 2.23. The smallest absolute Gasteiger partial charge is 0.410 e. The van der Waals surface area contributed by atoms with Crippen molar-refractivity contribution in [3.05, 3.63) is 28.2 Å². The van der Waals surface area contributed by atoms with Crippen LogP contribution in [0.3, 0.4) is 0 Å². The summed E-state index contributed by atoms with van der Waals surface area (Å²) >= 11 is 2.79. The van der Waals surface area contributed by atoms with Gasteiger partial charge in [0.1, 0.15) is 10.5 Å². The average molecular weight is 524 g/mol. The molecule has 0 saturated carbocycles. The first-order valence-corrected chi connectivity index (χ1v) is 11.7. The van der Waals surface area contributed by atoms with Gasteiger partial charge in [-0.05, 0) is 63.3 Å². The van der Waals surface area contributed by atoms with Crippen molar-refractivity contribution in [2.24, 2.45) is 11.8 Å². The van der Waals surface area contributed by atoms with Crippen LogP contribution in [0.2, 0.25) is 0 Å². The molecule has 0 unspecified atom stereocenters. The third-order valence-corrected chi connectivity index (χ3v) is 6.18. The van der Waals surface area contributed by atoms with Crippen LogP contribution in [-0.2, 0) is 16.0 Å². The zero-order chi connectivity index (χ0) is 23.2. The Morgan fingerprint density at radius 2 is 1.83 bits per heavy atom. The molecule has 172 valence electrons. The molecule has 0 radical (unpaired) electrons. The number of aliphatic carboxylic acids is 1. The molecule has 1 saturated heterocycles. The summed E-state index contributed by atoms with van der Waals surface area (Å²) in [6.45, 7) is 5.33. The molecule has 1 aliphatic heterocycles. The van der Waals surface area contributed by atoms with Crippen LogP contribution in [0.1, 0.15) is 32.8 Å². The van der Waals surface area contributed by atoms with Crippen molar-refractivity contribution in [2.75, 3.05) is 13.1 Å². The van der Waals surface area contributed by atoms with Gasteiger partial charge >= 0.3 is 22.3 Å². The Kier molecular flexibility index (Phi) is 5.97. The van der Waals surface area contributed by atoms with Crippen LogP contribution in [0.4, 0.5) is 24.2 Å². The van der Waals surface area contributed by atoms with Gasteiger partial charge in [-0.3, -0.25) is 4.79 Å². The van der Waals surface area contributed by atoms with Crippen LogP contribution in [-0.4, -0.2) is 40.8 Å². The van der Waals surface area contributed by atoms with E-state index in [4.69, 9.17) is 4.74 Å². The van der Waals surface area contributed by atoms with E-state index in [0.717, 1.165) is 0 Å².